The van der Waals surface area contributed by atoms with Gasteiger partial charge < -0.3 is 5.32 Å². The van der Waals surface area contributed by atoms with E-state index in [1.54, 1.807) is 0 Å². The summed E-state index contributed by atoms with van der Waals surface area (Å²) in [6, 6.07) is 14.1. The maximum atomic E-state index is 4.69. The Morgan fingerprint density at radius 3 is 2.67 bits per heavy atom. The van der Waals surface area contributed by atoms with Crippen LogP contribution in [0.4, 0.5) is 5.82 Å². The molecule has 0 saturated heterocycles. The Hall–Kier alpha value is -2.49. The molecule has 0 aliphatic rings. The predicted octanol–water partition coefficient (Wildman–Crippen LogP) is 3.82. The van der Waals surface area contributed by atoms with Gasteiger partial charge in [-0.3, -0.25) is 0 Å². The lowest BCUT2D eigenvalue weighted by atomic mass is 10.2. The Balaban J connectivity index is 2.02. The number of aryl methyl sites for hydroxylation is 1. The molecule has 0 unspecified atom stereocenters. The monoisotopic (exact) mass is 278 g/mol. The van der Waals surface area contributed by atoms with E-state index < -0.39 is 0 Å². The lowest BCUT2D eigenvalue weighted by Crippen LogP contribution is -2.04. The zero-order valence-electron chi connectivity index (χ0n) is 12.3. The van der Waals surface area contributed by atoms with E-state index in [0.29, 0.717) is 0 Å². The van der Waals surface area contributed by atoms with Crippen molar-refractivity contribution in [3.8, 4) is 11.4 Å². The van der Waals surface area contributed by atoms with Crippen molar-refractivity contribution in [2.75, 3.05) is 11.9 Å². The van der Waals surface area contributed by atoms with Crippen LogP contribution in [0.15, 0.2) is 42.5 Å². The summed E-state index contributed by atoms with van der Waals surface area (Å²) < 4.78 is 0. The minimum absolute atomic E-state index is 0.751. The van der Waals surface area contributed by atoms with Gasteiger partial charge >= 0.3 is 0 Å². The molecule has 0 amide bonds. The molecule has 4 heteroatoms. The van der Waals surface area contributed by atoms with Crippen LogP contribution in [0.2, 0.25) is 0 Å². The Kier molecular flexibility index (Phi) is 3.77. The fourth-order valence-electron chi connectivity index (χ4n) is 2.25. The summed E-state index contributed by atoms with van der Waals surface area (Å²) in [7, 11) is 0. The van der Waals surface area contributed by atoms with Gasteiger partial charge in [0.25, 0.3) is 0 Å². The van der Waals surface area contributed by atoms with Gasteiger partial charge in [-0.1, -0.05) is 31.2 Å². The molecule has 2 heterocycles. The summed E-state index contributed by atoms with van der Waals surface area (Å²) >= 11 is 0. The molecule has 2 aromatic heterocycles. The van der Waals surface area contributed by atoms with Gasteiger partial charge in [0.05, 0.1) is 16.9 Å². The Bertz CT molecular complexity index is 768. The van der Waals surface area contributed by atoms with Gasteiger partial charge in [-0.05, 0) is 25.5 Å². The largest absolute Gasteiger partial charge is 0.370 e. The molecule has 3 aromatic rings. The number of nitrogens with one attached hydrogen (secondary N) is 1. The summed E-state index contributed by atoms with van der Waals surface area (Å²) in [5.41, 5.74) is 2.71. The zero-order chi connectivity index (χ0) is 14.7. The molecule has 4 nitrogen and oxygen atoms in total. The normalized spacial score (nSPS) is 10.8. The minimum Gasteiger partial charge on any atom is -0.370 e. The van der Waals surface area contributed by atoms with Crippen molar-refractivity contribution < 1.29 is 0 Å². The van der Waals surface area contributed by atoms with Crippen molar-refractivity contribution in [2.24, 2.45) is 0 Å². The Labute approximate surface area is 124 Å². The molecule has 0 atom stereocenters. The maximum Gasteiger partial charge on any atom is 0.130 e. The molecule has 0 spiro atoms. The number of aromatic nitrogens is 3. The molecule has 106 valence electrons. The number of anilines is 1. The van der Waals surface area contributed by atoms with Gasteiger partial charge in [0.1, 0.15) is 11.6 Å². The zero-order valence-corrected chi connectivity index (χ0v) is 12.3. The number of pyridine rings is 1. The average molecular weight is 278 g/mol. The third-order valence-corrected chi connectivity index (χ3v) is 3.25. The van der Waals surface area contributed by atoms with Crippen LogP contribution in [-0.2, 0) is 0 Å². The number of hydrogen-bond acceptors (Lipinski definition) is 4. The van der Waals surface area contributed by atoms with Crippen LogP contribution < -0.4 is 5.32 Å². The van der Waals surface area contributed by atoms with Gasteiger partial charge in [-0.2, -0.15) is 0 Å². The third-order valence-electron chi connectivity index (χ3n) is 3.25. The number of fused-ring (bicyclic) bond motifs is 1. The molecule has 1 N–H and O–H groups in total. The minimum atomic E-state index is 0.751. The summed E-state index contributed by atoms with van der Waals surface area (Å²) in [6.45, 7) is 4.94. The first-order valence-corrected chi connectivity index (χ1v) is 7.22. The highest BCUT2D eigenvalue weighted by Crippen LogP contribution is 2.21. The summed E-state index contributed by atoms with van der Waals surface area (Å²) in [6.07, 6.45) is 1.06. The Morgan fingerprint density at radius 1 is 0.952 bits per heavy atom. The topological polar surface area (TPSA) is 50.7 Å². The standard InChI is InChI=1S/C17H18N4/c1-3-10-18-17-11-16(19-12(2)20-17)15-9-8-13-6-4-5-7-14(13)21-15/h4-9,11H,3,10H2,1-2H3,(H,18,19,20). The quantitative estimate of drug-likeness (QED) is 0.788. The van der Waals surface area contributed by atoms with Gasteiger partial charge in [-0.25, -0.2) is 15.0 Å². The number of nitrogens with zero attached hydrogens (tertiary/aromatic N) is 3. The van der Waals surface area contributed by atoms with Crippen LogP contribution in [0.1, 0.15) is 19.2 Å². The van der Waals surface area contributed by atoms with Gasteiger partial charge in [0, 0.05) is 18.0 Å². The average Bonchev–Trinajstić information content (AvgIpc) is 2.52. The van der Waals surface area contributed by atoms with Gasteiger partial charge in [-0.15, -0.1) is 0 Å². The molecular weight excluding hydrogens is 260 g/mol. The smallest absolute Gasteiger partial charge is 0.130 e. The summed E-state index contributed by atoms with van der Waals surface area (Å²) in [5.74, 6) is 1.61. The highest BCUT2D eigenvalue weighted by molar-refractivity contribution is 5.81. The molecule has 0 fully saturated rings. The molecule has 0 bridgehead atoms. The van der Waals surface area contributed by atoms with E-state index in [-0.39, 0.29) is 0 Å². The van der Waals surface area contributed by atoms with Crippen LogP contribution in [0.3, 0.4) is 0 Å². The third kappa shape index (κ3) is 2.99. The molecular formula is C17H18N4. The van der Waals surface area contributed by atoms with E-state index in [1.165, 1.54) is 0 Å². The molecule has 0 radical (unpaired) electrons. The first-order valence-electron chi connectivity index (χ1n) is 7.22. The molecule has 0 aliphatic carbocycles. The van der Waals surface area contributed by atoms with E-state index >= 15 is 0 Å². The van der Waals surface area contributed by atoms with Gasteiger partial charge in [0.15, 0.2) is 0 Å². The highest BCUT2D eigenvalue weighted by atomic mass is 15.0. The van der Waals surface area contributed by atoms with Crippen molar-refractivity contribution in [2.45, 2.75) is 20.3 Å². The van der Waals surface area contributed by atoms with Crippen molar-refractivity contribution in [3.63, 3.8) is 0 Å². The van der Waals surface area contributed by atoms with E-state index in [2.05, 4.69) is 39.3 Å². The fraction of sp³-hybridized carbons (Fsp3) is 0.235. The first kappa shape index (κ1) is 13.5. The van der Waals surface area contributed by atoms with E-state index in [9.17, 15) is 0 Å². The molecule has 3 rings (SSSR count). The number of hydrogen-bond donors (Lipinski definition) is 1. The van der Waals surface area contributed by atoms with Crippen LogP contribution in [0.25, 0.3) is 22.3 Å². The van der Waals surface area contributed by atoms with Crippen molar-refractivity contribution >= 4 is 16.7 Å². The molecule has 21 heavy (non-hydrogen) atoms. The second-order valence-electron chi connectivity index (χ2n) is 5.00. The fourth-order valence-corrected chi connectivity index (χ4v) is 2.25. The number of para-hydroxylation sites is 1. The second-order valence-corrected chi connectivity index (χ2v) is 5.00. The van der Waals surface area contributed by atoms with Crippen LogP contribution in [0.5, 0.6) is 0 Å². The van der Waals surface area contributed by atoms with Gasteiger partial charge in [0.2, 0.25) is 0 Å². The van der Waals surface area contributed by atoms with Crippen LogP contribution in [-0.4, -0.2) is 21.5 Å². The lowest BCUT2D eigenvalue weighted by molar-refractivity contribution is 0.954. The lowest BCUT2D eigenvalue weighted by Gasteiger charge is -2.08. The van der Waals surface area contributed by atoms with Crippen molar-refractivity contribution in [1.82, 2.24) is 15.0 Å². The number of rotatable bonds is 4. The highest BCUT2D eigenvalue weighted by Gasteiger charge is 2.06. The summed E-state index contributed by atoms with van der Waals surface area (Å²) in [4.78, 5) is 13.6. The summed E-state index contributed by atoms with van der Waals surface area (Å²) in [5, 5.41) is 4.44. The first-order chi connectivity index (χ1) is 10.3. The van der Waals surface area contributed by atoms with E-state index in [1.807, 2.05) is 37.3 Å². The van der Waals surface area contributed by atoms with Crippen molar-refractivity contribution in [1.29, 1.82) is 0 Å². The van der Waals surface area contributed by atoms with Crippen LogP contribution in [0, 0.1) is 6.92 Å². The SMILES string of the molecule is CCCNc1cc(-c2ccc3ccccc3n2)nc(C)n1. The molecule has 0 aliphatic heterocycles. The second kappa shape index (κ2) is 5.87. The van der Waals surface area contributed by atoms with Crippen LogP contribution >= 0.6 is 0 Å². The Morgan fingerprint density at radius 2 is 1.81 bits per heavy atom. The van der Waals surface area contributed by atoms with E-state index in [0.717, 1.165) is 46.9 Å². The van der Waals surface area contributed by atoms with Crippen molar-refractivity contribution in [3.05, 3.63) is 48.3 Å². The van der Waals surface area contributed by atoms with E-state index in [4.69, 9.17) is 0 Å². The molecule has 1 aromatic carbocycles. The molecule has 0 saturated carbocycles. The number of benzene rings is 1. The maximum absolute atomic E-state index is 4.69. The predicted molar refractivity (Wildman–Crippen MR) is 86.3 cm³/mol.